The van der Waals surface area contributed by atoms with Gasteiger partial charge in [0.2, 0.25) is 0 Å². The number of hydrogen-bond acceptors (Lipinski definition) is 4. The van der Waals surface area contributed by atoms with Gasteiger partial charge in [-0.2, -0.15) is 0 Å². The molecular weight excluding hydrogens is 329 g/mol. The molecule has 0 aliphatic carbocycles. The Kier molecular flexibility index (Phi) is 4.37. The van der Waals surface area contributed by atoms with E-state index < -0.39 is 10.0 Å². The average molecular weight is 338 g/mol. The van der Waals surface area contributed by atoms with Crippen LogP contribution >= 0.6 is 34.5 Å². The van der Waals surface area contributed by atoms with Crippen LogP contribution in [0.1, 0.15) is 4.88 Å². The Morgan fingerprint density at radius 2 is 1.95 bits per heavy atom. The van der Waals surface area contributed by atoms with Crippen LogP contribution in [0.25, 0.3) is 0 Å². The van der Waals surface area contributed by atoms with Crippen molar-refractivity contribution in [2.75, 3.05) is 4.72 Å². The van der Waals surface area contributed by atoms with Crippen molar-refractivity contribution in [1.82, 2.24) is 0 Å². The molecule has 0 unspecified atom stereocenters. The van der Waals surface area contributed by atoms with Gasteiger partial charge in [-0.3, -0.25) is 4.72 Å². The Hall–Kier alpha value is -0.790. The van der Waals surface area contributed by atoms with Gasteiger partial charge in [0.25, 0.3) is 10.0 Å². The van der Waals surface area contributed by atoms with Crippen molar-refractivity contribution in [3.63, 3.8) is 0 Å². The smallest absolute Gasteiger partial charge is 0.262 e. The summed E-state index contributed by atoms with van der Waals surface area (Å²) in [5.41, 5.74) is 0.325. The highest BCUT2D eigenvalue weighted by Gasteiger charge is 2.16. The summed E-state index contributed by atoms with van der Waals surface area (Å²) < 4.78 is 26.5. The third-order valence-electron chi connectivity index (χ3n) is 2.27. The Morgan fingerprint density at radius 3 is 2.53 bits per heavy atom. The number of anilines is 1. The lowest BCUT2D eigenvalue weighted by Crippen LogP contribution is -2.12. The number of rotatable bonds is 4. The Labute approximate surface area is 124 Å². The molecular formula is C11H9Cl2NO3S2. The third-order valence-corrected chi connectivity index (χ3v) is 5.44. The molecule has 1 aromatic carbocycles. The maximum atomic E-state index is 12.1. The van der Waals surface area contributed by atoms with Gasteiger partial charge in [-0.15, -0.1) is 11.3 Å². The lowest BCUT2D eigenvalue weighted by molar-refractivity contribution is 0.285. The molecule has 2 N–H and O–H groups in total. The van der Waals surface area contributed by atoms with Gasteiger partial charge in [0.1, 0.15) is 0 Å². The molecule has 0 fully saturated rings. The number of hydrogen-bond donors (Lipinski definition) is 2. The van der Waals surface area contributed by atoms with E-state index in [4.69, 9.17) is 28.3 Å². The molecule has 0 spiro atoms. The fraction of sp³-hybridized carbons (Fsp3) is 0.0909. The maximum Gasteiger partial charge on any atom is 0.262 e. The van der Waals surface area contributed by atoms with Crippen molar-refractivity contribution >= 4 is 50.2 Å². The number of halogens is 2. The lowest BCUT2D eigenvalue weighted by atomic mass is 10.3. The quantitative estimate of drug-likeness (QED) is 0.898. The molecule has 1 heterocycles. The Morgan fingerprint density at radius 1 is 1.21 bits per heavy atom. The minimum absolute atomic E-state index is 0.104. The van der Waals surface area contributed by atoms with Crippen molar-refractivity contribution in [1.29, 1.82) is 0 Å². The standard InChI is InChI=1S/C11H9Cl2NO3S2/c12-10-2-1-7(3-11(10)13)14-19(16,17)9-4-8(5-15)18-6-9/h1-4,6,14-15H,5H2. The van der Waals surface area contributed by atoms with E-state index >= 15 is 0 Å². The molecule has 0 amide bonds. The zero-order valence-corrected chi connectivity index (χ0v) is 12.6. The van der Waals surface area contributed by atoms with Crippen molar-refractivity contribution in [3.05, 3.63) is 44.6 Å². The van der Waals surface area contributed by atoms with E-state index in [0.717, 1.165) is 0 Å². The number of thiophene rings is 1. The summed E-state index contributed by atoms with van der Waals surface area (Å²) in [7, 11) is -3.68. The molecule has 4 nitrogen and oxygen atoms in total. The lowest BCUT2D eigenvalue weighted by Gasteiger charge is -2.07. The predicted octanol–water partition coefficient (Wildman–Crippen LogP) is 3.35. The van der Waals surface area contributed by atoms with E-state index in [1.165, 1.54) is 41.0 Å². The second-order valence-corrected chi connectivity index (χ2v) is 7.13. The van der Waals surface area contributed by atoms with Crippen LogP contribution in [0.5, 0.6) is 0 Å². The molecule has 2 aromatic rings. The molecule has 19 heavy (non-hydrogen) atoms. The zero-order chi connectivity index (χ0) is 14.0. The first-order chi connectivity index (χ1) is 8.92. The number of sulfonamides is 1. The molecule has 0 bridgehead atoms. The summed E-state index contributed by atoms with van der Waals surface area (Å²) in [6, 6.07) is 5.88. The van der Waals surface area contributed by atoms with Crippen LogP contribution in [-0.2, 0) is 16.6 Å². The van der Waals surface area contributed by atoms with Crippen molar-refractivity contribution < 1.29 is 13.5 Å². The topological polar surface area (TPSA) is 66.4 Å². The maximum absolute atomic E-state index is 12.1. The highest BCUT2D eigenvalue weighted by Crippen LogP contribution is 2.27. The normalized spacial score (nSPS) is 11.5. The first kappa shape index (κ1) is 14.6. The van der Waals surface area contributed by atoms with Crippen molar-refractivity contribution in [2.45, 2.75) is 11.5 Å². The SMILES string of the molecule is O=S(=O)(Nc1ccc(Cl)c(Cl)c1)c1csc(CO)c1. The summed E-state index contributed by atoms with van der Waals surface area (Å²) in [4.78, 5) is 0.683. The molecule has 0 aliphatic rings. The minimum Gasteiger partial charge on any atom is -0.391 e. The average Bonchev–Trinajstić information content (AvgIpc) is 2.83. The Balaban J connectivity index is 2.28. The van der Waals surface area contributed by atoms with Crippen LogP contribution in [0.3, 0.4) is 0 Å². The van der Waals surface area contributed by atoms with Gasteiger partial charge in [0.15, 0.2) is 0 Å². The van der Waals surface area contributed by atoms with Crippen molar-refractivity contribution in [2.24, 2.45) is 0 Å². The minimum atomic E-state index is -3.68. The van der Waals surface area contributed by atoms with Gasteiger partial charge < -0.3 is 5.11 Å². The second-order valence-electron chi connectivity index (χ2n) is 3.64. The summed E-state index contributed by atoms with van der Waals surface area (Å²) >= 11 is 12.7. The largest absolute Gasteiger partial charge is 0.391 e. The number of aliphatic hydroxyl groups excluding tert-OH is 1. The van der Waals surface area contributed by atoms with Crippen LogP contribution in [0.2, 0.25) is 10.0 Å². The molecule has 0 atom stereocenters. The molecule has 0 radical (unpaired) electrons. The van der Waals surface area contributed by atoms with Gasteiger partial charge in [0, 0.05) is 10.3 Å². The van der Waals surface area contributed by atoms with E-state index in [0.29, 0.717) is 15.6 Å². The van der Waals surface area contributed by atoms with Gasteiger partial charge in [-0.05, 0) is 24.3 Å². The van der Waals surface area contributed by atoms with Crippen molar-refractivity contribution in [3.8, 4) is 0 Å². The van der Waals surface area contributed by atoms with E-state index in [9.17, 15) is 8.42 Å². The molecule has 102 valence electrons. The van der Waals surface area contributed by atoms with Crippen LogP contribution in [0, 0.1) is 0 Å². The van der Waals surface area contributed by atoms with Crippen LogP contribution in [-0.4, -0.2) is 13.5 Å². The van der Waals surface area contributed by atoms with Crippen LogP contribution in [0.15, 0.2) is 34.5 Å². The molecule has 8 heteroatoms. The highest BCUT2D eigenvalue weighted by molar-refractivity contribution is 7.92. The van der Waals surface area contributed by atoms with E-state index in [1.54, 1.807) is 0 Å². The number of aliphatic hydroxyl groups is 1. The molecule has 2 rings (SSSR count). The van der Waals surface area contributed by atoms with E-state index in [-0.39, 0.29) is 16.5 Å². The van der Waals surface area contributed by atoms with E-state index in [2.05, 4.69) is 4.72 Å². The first-order valence-electron chi connectivity index (χ1n) is 5.08. The monoisotopic (exact) mass is 337 g/mol. The fourth-order valence-electron chi connectivity index (χ4n) is 1.36. The second kappa shape index (κ2) is 5.68. The van der Waals surface area contributed by atoms with E-state index in [1.807, 2.05) is 0 Å². The molecule has 0 aliphatic heterocycles. The zero-order valence-electron chi connectivity index (χ0n) is 9.43. The predicted molar refractivity (Wildman–Crippen MR) is 77.5 cm³/mol. The fourth-order valence-corrected chi connectivity index (χ4v) is 3.84. The summed E-state index contributed by atoms with van der Waals surface area (Å²) in [6.07, 6.45) is 0. The highest BCUT2D eigenvalue weighted by atomic mass is 35.5. The molecule has 0 saturated carbocycles. The molecule has 1 aromatic heterocycles. The van der Waals surface area contributed by atoms with Gasteiger partial charge in [-0.1, -0.05) is 23.2 Å². The first-order valence-corrected chi connectivity index (χ1v) is 8.20. The summed E-state index contributed by atoms with van der Waals surface area (Å²) in [5, 5.41) is 11.0. The number of nitrogens with one attached hydrogen (secondary N) is 1. The van der Waals surface area contributed by atoms with Crippen LogP contribution < -0.4 is 4.72 Å². The molecule has 0 saturated heterocycles. The van der Waals surface area contributed by atoms with Gasteiger partial charge >= 0.3 is 0 Å². The Bertz CT molecular complexity index is 698. The summed E-state index contributed by atoms with van der Waals surface area (Å²) in [5.74, 6) is 0. The summed E-state index contributed by atoms with van der Waals surface area (Å²) in [6.45, 7) is -0.188. The third kappa shape index (κ3) is 3.40. The van der Waals surface area contributed by atoms with Gasteiger partial charge in [0.05, 0.1) is 27.2 Å². The number of benzene rings is 1. The van der Waals surface area contributed by atoms with Crippen LogP contribution in [0.4, 0.5) is 5.69 Å². The van der Waals surface area contributed by atoms with Gasteiger partial charge in [-0.25, -0.2) is 8.42 Å².